The minimum Gasteiger partial charge on any atom is -0.468 e. The van der Waals surface area contributed by atoms with Gasteiger partial charge in [-0.2, -0.15) is 0 Å². The van der Waals surface area contributed by atoms with E-state index < -0.39 is 0 Å². The van der Waals surface area contributed by atoms with Crippen molar-refractivity contribution in [2.75, 3.05) is 37.4 Å². The predicted molar refractivity (Wildman–Crippen MR) is 102 cm³/mol. The molecule has 0 spiro atoms. The highest BCUT2D eigenvalue weighted by atomic mass is 35.5. The Kier molecular flexibility index (Phi) is 6.25. The zero-order chi connectivity index (χ0) is 18.4. The summed E-state index contributed by atoms with van der Waals surface area (Å²) in [6.07, 6.45) is 3.57. The summed E-state index contributed by atoms with van der Waals surface area (Å²) in [4.78, 5) is 22.1. The average molecular weight is 376 g/mol. The number of ether oxygens (including phenoxy) is 1. The number of benzene rings is 1. The number of hydrogen-bond donors (Lipinski definition) is 2. The molecule has 1 atom stereocenters. The summed E-state index contributed by atoms with van der Waals surface area (Å²) in [5, 5.41) is 7.31. The van der Waals surface area contributed by atoms with Crippen LogP contribution in [-0.4, -0.2) is 53.6 Å². The van der Waals surface area contributed by atoms with Crippen LogP contribution in [0.25, 0.3) is 0 Å². The summed E-state index contributed by atoms with van der Waals surface area (Å²) < 4.78 is 4.75. The van der Waals surface area contributed by atoms with E-state index in [2.05, 4.69) is 25.5 Å². The SMILES string of the molecule is COC(=O)CN1CCCC(Nc2cc(Nc3cccc(Cl)c3)ncn2)C1. The van der Waals surface area contributed by atoms with Gasteiger partial charge in [0, 0.05) is 29.4 Å². The van der Waals surface area contributed by atoms with Gasteiger partial charge in [-0.15, -0.1) is 0 Å². The van der Waals surface area contributed by atoms with Crippen molar-refractivity contribution in [1.29, 1.82) is 0 Å². The number of aromatic nitrogens is 2. The fourth-order valence-corrected chi connectivity index (χ4v) is 3.18. The van der Waals surface area contributed by atoms with Gasteiger partial charge in [0.2, 0.25) is 0 Å². The molecule has 1 unspecified atom stereocenters. The molecule has 0 amide bonds. The van der Waals surface area contributed by atoms with E-state index >= 15 is 0 Å². The van der Waals surface area contributed by atoms with E-state index in [4.69, 9.17) is 16.3 Å². The lowest BCUT2D eigenvalue weighted by Crippen LogP contribution is -2.44. The first-order valence-electron chi connectivity index (χ1n) is 8.53. The molecule has 0 saturated carbocycles. The summed E-state index contributed by atoms with van der Waals surface area (Å²) in [5.41, 5.74) is 0.865. The van der Waals surface area contributed by atoms with Crippen LogP contribution < -0.4 is 10.6 Å². The maximum Gasteiger partial charge on any atom is 0.319 e. The quantitative estimate of drug-likeness (QED) is 0.751. The van der Waals surface area contributed by atoms with Crippen LogP contribution in [0.3, 0.4) is 0 Å². The van der Waals surface area contributed by atoms with E-state index in [0.29, 0.717) is 17.4 Å². The molecule has 2 heterocycles. The number of likely N-dealkylation sites (tertiary alicyclic amines) is 1. The van der Waals surface area contributed by atoms with Crippen LogP contribution in [0.1, 0.15) is 12.8 Å². The number of methoxy groups -OCH3 is 1. The lowest BCUT2D eigenvalue weighted by atomic mass is 10.1. The van der Waals surface area contributed by atoms with Gasteiger partial charge in [-0.3, -0.25) is 9.69 Å². The van der Waals surface area contributed by atoms with Gasteiger partial charge in [0.15, 0.2) is 0 Å². The first-order valence-corrected chi connectivity index (χ1v) is 8.90. The van der Waals surface area contributed by atoms with Gasteiger partial charge >= 0.3 is 5.97 Å². The Bertz CT molecular complexity index is 758. The van der Waals surface area contributed by atoms with Crippen molar-refractivity contribution in [1.82, 2.24) is 14.9 Å². The molecule has 138 valence electrons. The van der Waals surface area contributed by atoms with Crippen molar-refractivity contribution in [2.24, 2.45) is 0 Å². The monoisotopic (exact) mass is 375 g/mol. The number of carbonyl (C=O) groups excluding carboxylic acids is 1. The number of piperidine rings is 1. The largest absolute Gasteiger partial charge is 0.468 e. The summed E-state index contributed by atoms with van der Waals surface area (Å²) >= 11 is 6.01. The van der Waals surface area contributed by atoms with Crippen LogP contribution >= 0.6 is 11.6 Å². The zero-order valence-electron chi connectivity index (χ0n) is 14.6. The highest BCUT2D eigenvalue weighted by molar-refractivity contribution is 6.30. The fraction of sp³-hybridized carbons (Fsp3) is 0.389. The summed E-state index contributed by atoms with van der Waals surface area (Å²) in [7, 11) is 1.41. The Morgan fingerprint density at radius 3 is 3.00 bits per heavy atom. The van der Waals surface area contributed by atoms with Gasteiger partial charge < -0.3 is 15.4 Å². The van der Waals surface area contributed by atoms with Crippen molar-refractivity contribution in [3.63, 3.8) is 0 Å². The third-order valence-corrected chi connectivity index (χ3v) is 4.44. The third-order valence-electron chi connectivity index (χ3n) is 4.20. The molecule has 1 fully saturated rings. The Labute approximate surface area is 157 Å². The molecule has 26 heavy (non-hydrogen) atoms. The molecule has 7 nitrogen and oxygen atoms in total. The van der Waals surface area contributed by atoms with Crippen LogP contribution in [0.2, 0.25) is 5.02 Å². The molecule has 1 aliphatic heterocycles. The van der Waals surface area contributed by atoms with Crippen molar-refractivity contribution < 1.29 is 9.53 Å². The molecule has 0 bridgehead atoms. The van der Waals surface area contributed by atoms with E-state index in [-0.39, 0.29) is 12.0 Å². The molecule has 1 aromatic heterocycles. The standard InChI is InChI=1S/C18H22ClN5O2/c1-26-18(25)11-24-7-3-6-15(10-24)23-17-9-16(20-12-21-17)22-14-5-2-4-13(19)8-14/h2,4-5,8-9,12,15H,3,6-7,10-11H2,1H3,(H2,20,21,22,23). The highest BCUT2D eigenvalue weighted by Gasteiger charge is 2.22. The number of rotatable bonds is 6. The van der Waals surface area contributed by atoms with Crippen LogP contribution in [-0.2, 0) is 9.53 Å². The topological polar surface area (TPSA) is 79.4 Å². The van der Waals surface area contributed by atoms with Gasteiger partial charge in [-0.05, 0) is 37.6 Å². The molecule has 1 saturated heterocycles. The second kappa shape index (κ2) is 8.82. The molecule has 0 radical (unpaired) electrons. The van der Waals surface area contributed by atoms with Gasteiger partial charge in [0.1, 0.15) is 18.0 Å². The molecular formula is C18H22ClN5O2. The number of carbonyl (C=O) groups is 1. The second-order valence-corrected chi connectivity index (χ2v) is 6.66. The minimum absolute atomic E-state index is 0.208. The Morgan fingerprint density at radius 1 is 1.35 bits per heavy atom. The molecule has 2 aromatic rings. The zero-order valence-corrected chi connectivity index (χ0v) is 15.4. The fourth-order valence-electron chi connectivity index (χ4n) is 2.99. The lowest BCUT2D eigenvalue weighted by molar-refractivity contribution is -0.142. The lowest BCUT2D eigenvalue weighted by Gasteiger charge is -2.32. The maximum atomic E-state index is 11.5. The van der Waals surface area contributed by atoms with Crippen molar-refractivity contribution in [2.45, 2.75) is 18.9 Å². The Balaban J connectivity index is 1.60. The Hall–Kier alpha value is -2.38. The van der Waals surface area contributed by atoms with E-state index in [1.165, 1.54) is 13.4 Å². The highest BCUT2D eigenvalue weighted by Crippen LogP contribution is 2.21. The molecule has 2 N–H and O–H groups in total. The molecule has 1 aliphatic rings. The second-order valence-electron chi connectivity index (χ2n) is 6.22. The number of nitrogens with one attached hydrogen (secondary N) is 2. The van der Waals surface area contributed by atoms with Gasteiger partial charge in [0.05, 0.1) is 13.7 Å². The number of hydrogen-bond acceptors (Lipinski definition) is 7. The first-order chi connectivity index (χ1) is 12.6. The summed E-state index contributed by atoms with van der Waals surface area (Å²) in [5.74, 6) is 1.22. The molecule has 3 rings (SSSR count). The first kappa shape index (κ1) is 18.4. The number of halogens is 1. The van der Waals surface area contributed by atoms with Crippen LogP contribution in [0.4, 0.5) is 17.3 Å². The molecule has 0 aliphatic carbocycles. The van der Waals surface area contributed by atoms with Crippen LogP contribution in [0, 0.1) is 0 Å². The third kappa shape index (κ3) is 5.31. The summed E-state index contributed by atoms with van der Waals surface area (Å²) in [6, 6.07) is 9.55. The smallest absolute Gasteiger partial charge is 0.319 e. The Morgan fingerprint density at radius 2 is 2.19 bits per heavy atom. The van der Waals surface area contributed by atoms with E-state index in [9.17, 15) is 4.79 Å². The molecule has 8 heteroatoms. The normalized spacial score (nSPS) is 17.5. The minimum atomic E-state index is -0.208. The van der Waals surface area contributed by atoms with Gasteiger partial charge in [-0.1, -0.05) is 17.7 Å². The molecule has 1 aromatic carbocycles. The van der Waals surface area contributed by atoms with Crippen LogP contribution in [0.15, 0.2) is 36.7 Å². The van der Waals surface area contributed by atoms with Gasteiger partial charge in [-0.25, -0.2) is 9.97 Å². The van der Waals surface area contributed by atoms with E-state index in [0.717, 1.165) is 37.4 Å². The van der Waals surface area contributed by atoms with Crippen LogP contribution in [0.5, 0.6) is 0 Å². The van der Waals surface area contributed by atoms with Crippen molar-refractivity contribution in [3.8, 4) is 0 Å². The van der Waals surface area contributed by atoms with E-state index in [1.54, 1.807) is 0 Å². The number of esters is 1. The predicted octanol–water partition coefficient (Wildman–Crippen LogP) is 2.92. The van der Waals surface area contributed by atoms with Gasteiger partial charge in [0.25, 0.3) is 0 Å². The average Bonchev–Trinajstić information content (AvgIpc) is 2.62. The summed E-state index contributed by atoms with van der Waals surface area (Å²) in [6.45, 7) is 1.99. The number of anilines is 3. The number of nitrogens with zero attached hydrogens (tertiary/aromatic N) is 3. The van der Waals surface area contributed by atoms with Crippen molar-refractivity contribution >= 4 is 34.9 Å². The van der Waals surface area contributed by atoms with E-state index in [1.807, 2.05) is 30.3 Å². The van der Waals surface area contributed by atoms with Crippen molar-refractivity contribution in [3.05, 3.63) is 41.7 Å². The maximum absolute atomic E-state index is 11.5. The molecular weight excluding hydrogens is 354 g/mol.